The number of rotatable bonds is 7. The lowest BCUT2D eigenvalue weighted by Gasteiger charge is -2.11. The second kappa shape index (κ2) is 9.39. The molecule has 2 heterocycles. The number of ether oxygens (including phenoxy) is 1. The fourth-order valence-electron chi connectivity index (χ4n) is 3.57. The highest BCUT2D eigenvalue weighted by atomic mass is 32.2. The fourth-order valence-corrected chi connectivity index (χ4v) is 4.67. The van der Waals surface area contributed by atoms with Gasteiger partial charge < -0.3 is 9.30 Å². The molecule has 31 heavy (non-hydrogen) atoms. The molecular weight excluding hydrogens is 413 g/mol. The Kier molecular flexibility index (Phi) is 6.42. The van der Waals surface area contributed by atoms with Crippen molar-refractivity contribution in [3.8, 4) is 5.75 Å². The molecule has 2 aromatic carbocycles. The second-order valence-electron chi connectivity index (χ2n) is 6.99. The number of amidine groups is 1. The minimum absolute atomic E-state index is 0.0144. The van der Waals surface area contributed by atoms with Gasteiger partial charge in [0, 0.05) is 35.8 Å². The number of hydrogen-bond donors (Lipinski definition) is 0. The molecule has 5 nitrogen and oxygen atoms in total. The summed E-state index contributed by atoms with van der Waals surface area (Å²) in [6.45, 7) is 6.04. The molecule has 0 N–H and O–H groups in total. The molecule has 7 heteroatoms. The number of carbonyl (C=O) groups excluding carboxylic acids is 1. The molecule has 160 valence electrons. The molecule has 1 fully saturated rings. The molecule has 0 radical (unpaired) electrons. The Hall–Kier alpha value is -3.06. The highest BCUT2D eigenvalue weighted by Crippen LogP contribution is 2.34. The standard InChI is InChI=1S/C24H24FN3O2S/c1-3-26-24-28(4-2)23(29)22(31-24)15-17-16-27(20-11-7-5-9-18(17)20)13-14-30-21-12-8-6-10-19(21)25/h5-12,15-16H,3-4,13-14H2,1-2H3. The summed E-state index contributed by atoms with van der Waals surface area (Å²) in [5, 5.41) is 1.81. The van der Waals surface area contributed by atoms with Crippen LogP contribution in [-0.4, -0.2) is 40.2 Å². The Bertz CT molecular complexity index is 1170. The number of amides is 1. The van der Waals surface area contributed by atoms with Gasteiger partial charge in [-0.2, -0.15) is 0 Å². The molecule has 0 bridgehead atoms. The molecule has 1 saturated heterocycles. The molecule has 0 atom stereocenters. The minimum atomic E-state index is -0.368. The maximum Gasteiger partial charge on any atom is 0.266 e. The quantitative estimate of drug-likeness (QED) is 0.479. The Balaban J connectivity index is 1.60. The predicted molar refractivity (Wildman–Crippen MR) is 125 cm³/mol. The number of para-hydroxylation sites is 2. The van der Waals surface area contributed by atoms with Gasteiger partial charge >= 0.3 is 0 Å². The van der Waals surface area contributed by atoms with E-state index in [0.29, 0.717) is 31.1 Å². The summed E-state index contributed by atoms with van der Waals surface area (Å²) in [6.07, 6.45) is 3.95. The van der Waals surface area contributed by atoms with Crippen molar-refractivity contribution in [2.75, 3.05) is 19.7 Å². The maximum atomic E-state index is 13.8. The van der Waals surface area contributed by atoms with Crippen LogP contribution in [0.2, 0.25) is 0 Å². The lowest BCUT2D eigenvalue weighted by atomic mass is 10.1. The van der Waals surface area contributed by atoms with Crippen LogP contribution in [0.1, 0.15) is 19.4 Å². The van der Waals surface area contributed by atoms with E-state index in [1.165, 1.54) is 17.8 Å². The van der Waals surface area contributed by atoms with Crippen LogP contribution in [0.4, 0.5) is 4.39 Å². The minimum Gasteiger partial charge on any atom is -0.489 e. The average Bonchev–Trinajstić information content (AvgIpc) is 3.27. The van der Waals surface area contributed by atoms with Crippen LogP contribution in [0.3, 0.4) is 0 Å². The van der Waals surface area contributed by atoms with E-state index in [1.54, 1.807) is 23.1 Å². The first-order valence-corrected chi connectivity index (χ1v) is 11.1. The van der Waals surface area contributed by atoms with E-state index in [9.17, 15) is 9.18 Å². The highest BCUT2D eigenvalue weighted by Gasteiger charge is 2.32. The summed E-state index contributed by atoms with van der Waals surface area (Å²) >= 11 is 1.42. The van der Waals surface area contributed by atoms with E-state index >= 15 is 0 Å². The van der Waals surface area contributed by atoms with Gasteiger partial charge in [0.05, 0.1) is 11.4 Å². The number of aromatic nitrogens is 1. The van der Waals surface area contributed by atoms with E-state index in [1.807, 2.05) is 50.4 Å². The zero-order chi connectivity index (χ0) is 21.8. The maximum absolute atomic E-state index is 13.8. The third kappa shape index (κ3) is 4.37. The van der Waals surface area contributed by atoms with Gasteiger partial charge in [0.1, 0.15) is 6.61 Å². The number of aliphatic imine (C=N–C) groups is 1. The SMILES string of the molecule is CCN=C1SC(=Cc2cn(CCOc3ccccc3F)c3ccccc23)C(=O)N1CC. The van der Waals surface area contributed by atoms with E-state index in [-0.39, 0.29) is 17.5 Å². The van der Waals surface area contributed by atoms with Crippen molar-refractivity contribution in [3.05, 3.63) is 71.0 Å². The molecule has 1 aliphatic heterocycles. The number of nitrogens with zero attached hydrogens (tertiary/aromatic N) is 3. The van der Waals surface area contributed by atoms with Crippen molar-refractivity contribution in [1.29, 1.82) is 0 Å². The van der Waals surface area contributed by atoms with Gasteiger partial charge in [0.2, 0.25) is 0 Å². The molecule has 1 aliphatic rings. The van der Waals surface area contributed by atoms with Crippen molar-refractivity contribution in [3.63, 3.8) is 0 Å². The summed E-state index contributed by atoms with van der Waals surface area (Å²) in [6, 6.07) is 14.4. The molecule has 0 unspecified atom stereocenters. The Labute approximate surface area is 185 Å². The molecule has 1 aromatic heterocycles. The molecule has 3 aromatic rings. The van der Waals surface area contributed by atoms with Gasteiger partial charge in [-0.05, 0) is 49.9 Å². The number of fused-ring (bicyclic) bond motifs is 1. The second-order valence-corrected chi connectivity index (χ2v) is 8.00. The topological polar surface area (TPSA) is 46.8 Å². The van der Waals surface area contributed by atoms with Gasteiger partial charge in [-0.25, -0.2) is 4.39 Å². The van der Waals surface area contributed by atoms with Gasteiger partial charge in [0.25, 0.3) is 5.91 Å². The third-order valence-corrected chi connectivity index (χ3v) is 6.07. The monoisotopic (exact) mass is 437 g/mol. The zero-order valence-corrected chi connectivity index (χ0v) is 18.4. The first kappa shape index (κ1) is 21.2. The van der Waals surface area contributed by atoms with Crippen LogP contribution in [0.15, 0.2) is 64.6 Å². The van der Waals surface area contributed by atoms with Crippen LogP contribution in [0.5, 0.6) is 5.75 Å². The molecule has 4 rings (SSSR count). The summed E-state index contributed by atoms with van der Waals surface area (Å²) in [5.74, 6) is -0.136. The van der Waals surface area contributed by atoms with Gasteiger partial charge in [-0.3, -0.25) is 14.7 Å². The van der Waals surface area contributed by atoms with Crippen LogP contribution >= 0.6 is 11.8 Å². The summed E-state index contributed by atoms with van der Waals surface area (Å²) in [5.41, 5.74) is 2.00. The number of benzene rings is 2. The van der Waals surface area contributed by atoms with E-state index in [4.69, 9.17) is 4.74 Å². The van der Waals surface area contributed by atoms with E-state index in [0.717, 1.165) is 21.6 Å². The third-order valence-electron chi connectivity index (χ3n) is 5.03. The first-order valence-electron chi connectivity index (χ1n) is 10.3. The van der Waals surface area contributed by atoms with Crippen molar-refractivity contribution in [1.82, 2.24) is 9.47 Å². The van der Waals surface area contributed by atoms with Crippen LogP contribution < -0.4 is 4.74 Å². The number of thioether (sulfide) groups is 1. The lowest BCUT2D eigenvalue weighted by Crippen LogP contribution is -2.28. The van der Waals surface area contributed by atoms with Crippen molar-refractivity contribution < 1.29 is 13.9 Å². The number of halogens is 1. The summed E-state index contributed by atoms with van der Waals surface area (Å²) < 4.78 is 21.5. The van der Waals surface area contributed by atoms with E-state index < -0.39 is 0 Å². The fraction of sp³-hybridized carbons (Fsp3) is 0.250. The predicted octanol–water partition coefficient (Wildman–Crippen LogP) is 5.17. The largest absolute Gasteiger partial charge is 0.489 e. The Morgan fingerprint density at radius 2 is 1.90 bits per heavy atom. The van der Waals surface area contributed by atoms with Crippen LogP contribution in [0.25, 0.3) is 17.0 Å². The van der Waals surface area contributed by atoms with E-state index in [2.05, 4.69) is 9.56 Å². The number of likely N-dealkylation sites (N-methyl/N-ethyl adjacent to an activating group) is 1. The molecule has 0 saturated carbocycles. The first-order chi connectivity index (χ1) is 15.1. The molecule has 0 spiro atoms. The zero-order valence-electron chi connectivity index (χ0n) is 17.5. The molecule has 1 amide bonds. The van der Waals surface area contributed by atoms with Gasteiger partial charge in [-0.1, -0.05) is 30.3 Å². The number of hydrogen-bond acceptors (Lipinski definition) is 4. The molecular formula is C24H24FN3O2S. The highest BCUT2D eigenvalue weighted by molar-refractivity contribution is 8.18. The van der Waals surface area contributed by atoms with Crippen LogP contribution in [0, 0.1) is 5.82 Å². The number of carbonyl (C=O) groups is 1. The van der Waals surface area contributed by atoms with Crippen LogP contribution in [-0.2, 0) is 11.3 Å². The van der Waals surface area contributed by atoms with Gasteiger partial charge in [0.15, 0.2) is 16.7 Å². The normalized spacial score (nSPS) is 16.7. The smallest absolute Gasteiger partial charge is 0.266 e. The Morgan fingerprint density at radius 1 is 1.13 bits per heavy atom. The van der Waals surface area contributed by atoms with Crippen molar-refractivity contribution in [2.24, 2.45) is 4.99 Å². The van der Waals surface area contributed by atoms with Gasteiger partial charge in [-0.15, -0.1) is 0 Å². The summed E-state index contributed by atoms with van der Waals surface area (Å²) in [4.78, 5) is 19.7. The lowest BCUT2D eigenvalue weighted by molar-refractivity contribution is -0.122. The average molecular weight is 438 g/mol. The van der Waals surface area contributed by atoms with Crippen molar-refractivity contribution >= 4 is 39.8 Å². The Morgan fingerprint density at radius 3 is 2.68 bits per heavy atom. The molecule has 0 aliphatic carbocycles. The summed E-state index contributed by atoms with van der Waals surface area (Å²) in [7, 11) is 0. The van der Waals surface area contributed by atoms with Crippen molar-refractivity contribution in [2.45, 2.75) is 20.4 Å².